The molecule has 142 valence electrons. The van der Waals surface area contributed by atoms with Gasteiger partial charge < -0.3 is 20.5 Å². The van der Waals surface area contributed by atoms with Crippen LogP contribution in [0.3, 0.4) is 0 Å². The largest absolute Gasteiger partial charge is 0.365 e. The SMILES string of the molecule is O=C1C[C@H]2CN(C(=O)C3CCC(Nc4ncnc5nc[nH]c45)CC3)C[C@H]2N1. The number of H-pyrrole nitrogens is 1. The van der Waals surface area contributed by atoms with Crippen molar-refractivity contribution in [3.05, 3.63) is 12.7 Å². The van der Waals surface area contributed by atoms with E-state index in [1.807, 2.05) is 4.90 Å². The van der Waals surface area contributed by atoms with Gasteiger partial charge in [-0.15, -0.1) is 0 Å². The normalized spacial score (nSPS) is 30.4. The number of aromatic amines is 1. The molecule has 2 saturated heterocycles. The average Bonchev–Trinajstić information content (AvgIpc) is 3.36. The molecule has 1 aliphatic carbocycles. The number of likely N-dealkylation sites (tertiary alicyclic amines) is 1. The molecular formula is C18H23N7O2. The molecule has 9 heteroatoms. The smallest absolute Gasteiger partial charge is 0.225 e. The molecule has 1 saturated carbocycles. The minimum Gasteiger partial charge on any atom is -0.365 e. The molecule has 0 radical (unpaired) electrons. The Kier molecular flexibility index (Phi) is 3.95. The van der Waals surface area contributed by atoms with Gasteiger partial charge in [-0.3, -0.25) is 9.59 Å². The Labute approximate surface area is 156 Å². The van der Waals surface area contributed by atoms with Crippen molar-refractivity contribution >= 4 is 28.8 Å². The van der Waals surface area contributed by atoms with Gasteiger partial charge in [0.15, 0.2) is 11.5 Å². The fourth-order valence-corrected chi connectivity index (χ4v) is 4.74. The molecule has 0 unspecified atom stereocenters. The summed E-state index contributed by atoms with van der Waals surface area (Å²) in [5.41, 5.74) is 1.48. The Morgan fingerprint density at radius 2 is 2.00 bits per heavy atom. The summed E-state index contributed by atoms with van der Waals surface area (Å²) in [5, 5.41) is 6.47. The molecule has 0 spiro atoms. The first-order valence-electron chi connectivity index (χ1n) is 9.66. The standard InChI is InChI=1S/C18H23N7O2/c26-14-5-11-6-25(7-13(11)24-14)18(27)10-1-3-12(4-2-10)23-17-15-16(20-8-19-15)21-9-22-17/h8-13H,1-7H2,(H,24,26)(H2,19,20,21,22,23)/t10?,11-,12?,13+/m0/s1. The zero-order valence-electron chi connectivity index (χ0n) is 15.0. The number of hydrogen-bond acceptors (Lipinski definition) is 6. The second kappa shape index (κ2) is 6.47. The minimum atomic E-state index is 0.0927. The van der Waals surface area contributed by atoms with Crippen LogP contribution < -0.4 is 10.6 Å². The molecule has 4 heterocycles. The third-order valence-corrected chi connectivity index (χ3v) is 6.19. The molecule has 2 amide bonds. The molecule has 2 aliphatic heterocycles. The highest BCUT2D eigenvalue weighted by atomic mass is 16.2. The number of carbonyl (C=O) groups excluding carboxylic acids is 2. The lowest BCUT2D eigenvalue weighted by Gasteiger charge is -2.31. The summed E-state index contributed by atoms with van der Waals surface area (Å²) < 4.78 is 0. The number of amides is 2. The van der Waals surface area contributed by atoms with Gasteiger partial charge in [0.2, 0.25) is 11.8 Å². The van der Waals surface area contributed by atoms with E-state index in [-0.39, 0.29) is 23.8 Å². The second-order valence-corrected chi connectivity index (χ2v) is 7.90. The molecule has 0 bridgehead atoms. The molecule has 2 aromatic rings. The Morgan fingerprint density at radius 1 is 1.15 bits per heavy atom. The molecule has 0 aromatic carbocycles. The van der Waals surface area contributed by atoms with E-state index in [9.17, 15) is 9.59 Å². The van der Waals surface area contributed by atoms with Gasteiger partial charge in [0.05, 0.1) is 12.4 Å². The maximum atomic E-state index is 12.9. The number of nitrogens with zero attached hydrogens (tertiary/aromatic N) is 4. The molecule has 5 rings (SSSR count). The van der Waals surface area contributed by atoms with E-state index in [2.05, 4.69) is 30.6 Å². The van der Waals surface area contributed by atoms with Crippen molar-refractivity contribution in [1.29, 1.82) is 0 Å². The van der Waals surface area contributed by atoms with E-state index in [1.165, 1.54) is 6.33 Å². The van der Waals surface area contributed by atoms with E-state index < -0.39 is 0 Å². The van der Waals surface area contributed by atoms with Crippen LogP contribution in [-0.4, -0.2) is 61.8 Å². The van der Waals surface area contributed by atoms with Crippen LogP contribution in [0.5, 0.6) is 0 Å². The summed E-state index contributed by atoms with van der Waals surface area (Å²) >= 11 is 0. The van der Waals surface area contributed by atoms with Gasteiger partial charge in [0.1, 0.15) is 11.8 Å². The molecule has 3 aliphatic rings. The first-order valence-corrected chi connectivity index (χ1v) is 9.66. The van der Waals surface area contributed by atoms with E-state index in [0.29, 0.717) is 30.6 Å². The van der Waals surface area contributed by atoms with E-state index in [1.54, 1.807) is 6.33 Å². The topological polar surface area (TPSA) is 116 Å². The first kappa shape index (κ1) is 16.5. The third-order valence-electron chi connectivity index (χ3n) is 6.19. The van der Waals surface area contributed by atoms with Crippen LogP contribution in [0.4, 0.5) is 5.82 Å². The zero-order valence-corrected chi connectivity index (χ0v) is 15.0. The minimum absolute atomic E-state index is 0.0927. The highest BCUT2D eigenvalue weighted by Crippen LogP contribution is 2.32. The second-order valence-electron chi connectivity index (χ2n) is 7.90. The van der Waals surface area contributed by atoms with Crippen LogP contribution in [0.2, 0.25) is 0 Å². The van der Waals surface area contributed by atoms with Crippen LogP contribution in [0.25, 0.3) is 11.2 Å². The lowest BCUT2D eigenvalue weighted by atomic mass is 9.85. The highest BCUT2D eigenvalue weighted by molar-refractivity contribution is 5.83. The number of hydrogen-bond donors (Lipinski definition) is 3. The van der Waals surface area contributed by atoms with Crippen molar-refractivity contribution in [3.8, 4) is 0 Å². The number of anilines is 1. The van der Waals surface area contributed by atoms with Crippen molar-refractivity contribution in [2.45, 2.75) is 44.2 Å². The molecule has 2 atom stereocenters. The van der Waals surface area contributed by atoms with Crippen molar-refractivity contribution in [3.63, 3.8) is 0 Å². The lowest BCUT2D eigenvalue weighted by molar-refractivity contribution is -0.136. The van der Waals surface area contributed by atoms with Crippen molar-refractivity contribution in [1.82, 2.24) is 30.2 Å². The molecular weight excluding hydrogens is 346 g/mol. The highest BCUT2D eigenvalue weighted by Gasteiger charge is 2.43. The number of aromatic nitrogens is 4. The molecule has 2 aromatic heterocycles. The van der Waals surface area contributed by atoms with Crippen LogP contribution >= 0.6 is 0 Å². The molecule has 27 heavy (non-hydrogen) atoms. The van der Waals surface area contributed by atoms with Gasteiger partial charge in [-0.05, 0) is 25.7 Å². The zero-order chi connectivity index (χ0) is 18.4. The average molecular weight is 369 g/mol. The maximum Gasteiger partial charge on any atom is 0.225 e. The Balaban J connectivity index is 1.17. The summed E-state index contributed by atoms with van der Waals surface area (Å²) in [5.74, 6) is 1.55. The number of nitrogens with one attached hydrogen (secondary N) is 3. The predicted octanol–water partition coefficient (Wildman–Crippen LogP) is 0.670. The number of carbonyl (C=O) groups is 2. The van der Waals surface area contributed by atoms with Gasteiger partial charge in [0, 0.05) is 37.4 Å². The third kappa shape index (κ3) is 3.00. The van der Waals surface area contributed by atoms with Crippen molar-refractivity contribution in [2.24, 2.45) is 11.8 Å². The number of imidazole rings is 1. The van der Waals surface area contributed by atoms with Gasteiger partial charge in [-0.1, -0.05) is 0 Å². The number of fused-ring (bicyclic) bond motifs is 2. The quantitative estimate of drug-likeness (QED) is 0.732. The van der Waals surface area contributed by atoms with Gasteiger partial charge in [-0.2, -0.15) is 0 Å². The fourth-order valence-electron chi connectivity index (χ4n) is 4.74. The Hall–Kier alpha value is -2.71. The fraction of sp³-hybridized carbons (Fsp3) is 0.611. The summed E-state index contributed by atoms with van der Waals surface area (Å²) in [6.45, 7) is 1.39. The maximum absolute atomic E-state index is 12.9. The summed E-state index contributed by atoms with van der Waals surface area (Å²) in [7, 11) is 0. The first-order chi connectivity index (χ1) is 13.2. The predicted molar refractivity (Wildman–Crippen MR) is 97.7 cm³/mol. The van der Waals surface area contributed by atoms with Crippen LogP contribution in [0.1, 0.15) is 32.1 Å². The summed E-state index contributed by atoms with van der Waals surface area (Å²) in [4.78, 5) is 42.0. The van der Waals surface area contributed by atoms with Crippen LogP contribution in [0, 0.1) is 11.8 Å². The Bertz CT molecular complexity index is 857. The van der Waals surface area contributed by atoms with Gasteiger partial charge >= 0.3 is 0 Å². The van der Waals surface area contributed by atoms with Crippen LogP contribution in [0.15, 0.2) is 12.7 Å². The van der Waals surface area contributed by atoms with Gasteiger partial charge in [0.25, 0.3) is 0 Å². The number of rotatable bonds is 3. The van der Waals surface area contributed by atoms with Crippen molar-refractivity contribution in [2.75, 3.05) is 18.4 Å². The van der Waals surface area contributed by atoms with Gasteiger partial charge in [-0.25, -0.2) is 15.0 Å². The summed E-state index contributed by atoms with van der Waals surface area (Å²) in [6.07, 6.45) is 7.34. The van der Waals surface area contributed by atoms with Crippen molar-refractivity contribution < 1.29 is 9.59 Å². The Morgan fingerprint density at radius 3 is 2.81 bits per heavy atom. The van der Waals surface area contributed by atoms with E-state index in [0.717, 1.165) is 43.6 Å². The molecule has 9 nitrogen and oxygen atoms in total. The monoisotopic (exact) mass is 369 g/mol. The van der Waals surface area contributed by atoms with E-state index in [4.69, 9.17) is 0 Å². The van der Waals surface area contributed by atoms with E-state index >= 15 is 0 Å². The lowest BCUT2D eigenvalue weighted by Crippen LogP contribution is -2.40. The summed E-state index contributed by atoms with van der Waals surface area (Å²) in [6, 6.07) is 0.460. The molecule has 3 N–H and O–H groups in total. The van der Waals surface area contributed by atoms with Crippen LogP contribution in [-0.2, 0) is 9.59 Å². The molecule has 3 fully saturated rings.